The average molecular weight is 320 g/mol. The molecule has 3 nitrogen and oxygen atoms in total. The van der Waals surface area contributed by atoms with Crippen LogP contribution in [0.5, 0.6) is 0 Å². The molecule has 132 valence electrons. The predicted octanol–water partition coefficient (Wildman–Crippen LogP) is 4.36. The summed E-state index contributed by atoms with van der Waals surface area (Å²) in [5, 5.41) is 4.65. The Labute approximate surface area is 144 Å². The molecule has 0 aliphatic carbocycles. The third kappa shape index (κ3) is 6.83. The van der Waals surface area contributed by atoms with Gasteiger partial charge in [0.25, 0.3) is 0 Å². The van der Waals surface area contributed by atoms with Crippen molar-refractivity contribution in [3.8, 4) is 12.3 Å². The second-order valence-corrected chi connectivity index (χ2v) is 7.47. The van der Waals surface area contributed by atoms with Gasteiger partial charge in [-0.15, -0.1) is 12.3 Å². The maximum Gasteiger partial charge on any atom is 0.0498 e. The summed E-state index contributed by atoms with van der Waals surface area (Å²) in [5.74, 6) is 3.28. The highest BCUT2D eigenvalue weighted by Crippen LogP contribution is 2.21. The van der Waals surface area contributed by atoms with Gasteiger partial charge in [0.1, 0.15) is 0 Å². The highest BCUT2D eigenvalue weighted by molar-refractivity contribution is 5.00. The first-order valence-corrected chi connectivity index (χ1v) is 10.1. The van der Waals surface area contributed by atoms with Crippen molar-refractivity contribution in [2.75, 3.05) is 19.6 Å². The van der Waals surface area contributed by atoms with Crippen molar-refractivity contribution < 1.29 is 0 Å². The molecule has 2 heterocycles. The number of nitrogens with one attached hydrogen (secondary N) is 1. The van der Waals surface area contributed by atoms with E-state index in [9.17, 15) is 0 Å². The Kier molecular flexibility index (Phi) is 9.04. The highest BCUT2D eigenvalue weighted by Gasteiger charge is 2.36. The minimum Gasteiger partial charge on any atom is -0.237 e. The number of rotatable bonds is 12. The Morgan fingerprint density at radius 3 is 2.04 bits per heavy atom. The van der Waals surface area contributed by atoms with E-state index in [0.717, 1.165) is 19.6 Å². The highest BCUT2D eigenvalue weighted by atomic mass is 15.9. The third-order valence-corrected chi connectivity index (χ3v) is 5.32. The van der Waals surface area contributed by atoms with E-state index in [0.29, 0.717) is 12.0 Å². The molecule has 2 fully saturated rings. The van der Waals surface area contributed by atoms with Crippen LogP contribution in [-0.4, -0.2) is 35.8 Å². The monoisotopic (exact) mass is 319 g/mol. The van der Waals surface area contributed by atoms with Crippen LogP contribution in [0.15, 0.2) is 0 Å². The molecule has 2 aliphatic heterocycles. The van der Waals surface area contributed by atoms with Crippen LogP contribution in [0.1, 0.15) is 84.0 Å². The maximum absolute atomic E-state index is 5.52. The Bertz CT molecular complexity index is 335. The van der Waals surface area contributed by atoms with Crippen molar-refractivity contribution in [2.24, 2.45) is 5.92 Å². The molecule has 1 N–H and O–H groups in total. The van der Waals surface area contributed by atoms with E-state index in [1.54, 1.807) is 0 Å². The van der Waals surface area contributed by atoms with Crippen LogP contribution in [0.2, 0.25) is 0 Å². The normalized spacial score (nSPS) is 24.9. The molecule has 23 heavy (non-hydrogen) atoms. The smallest absolute Gasteiger partial charge is 0.0498 e. The zero-order valence-electron chi connectivity index (χ0n) is 15.2. The van der Waals surface area contributed by atoms with E-state index in [2.05, 4.69) is 28.4 Å². The zero-order chi connectivity index (χ0) is 16.3. The van der Waals surface area contributed by atoms with Gasteiger partial charge in [0.05, 0.1) is 0 Å². The molecule has 2 unspecified atom stereocenters. The van der Waals surface area contributed by atoms with E-state index in [4.69, 9.17) is 6.42 Å². The fourth-order valence-electron chi connectivity index (χ4n) is 3.86. The van der Waals surface area contributed by atoms with Gasteiger partial charge in [0.2, 0.25) is 0 Å². The molecule has 3 heteroatoms. The first-order chi connectivity index (χ1) is 11.3. The van der Waals surface area contributed by atoms with Gasteiger partial charge in [0, 0.05) is 31.6 Å². The fourth-order valence-corrected chi connectivity index (χ4v) is 3.86. The number of nitrogens with zero attached hydrogens (tertiary/aromatic N) is 2. The van der Waals surface area contributed by atoms with E-state index < -0.39 is 0 Å². The van der Waals surface area contributed by atoms with Gasteiger partial charge in [-0.3, -0.25) is 0 Å². The van der Waals surface area contributed by atoms with Gasteiger partial charge in [0.15, 0.2) is 0 Å². The Hall–Kier alpha value is -0.560. The lowest BCUT2D eigenvalue weighted by atomic mass is 10.0. The largest absolute Gasteiger partial charge is 0.237 e. The summed E-state index contributed by atoms with van der Waals surface area (Å²) in [5.41, 5.74) is 3.62. The molecule has 0 aromatic heterocycles. The predicted molar refractivity (Wildman–Crippen MR) is 98.6 cm³/mol. The lowest BCUT2D eigenvalue weighted by Gasteiger charge is -2.16. The Morgan fingerprint density at radius 2 is 1.48 bits per heavy atom. The summed E-state index contributed by atoms with van der Waals surface area (Å²) in [6.07, 6.45) is 22.5. The molecule has 2 rings (SSSR count). The van der Waals surface area contributed by atoms with E-state index in [-0.39, 0.29) is 0 Å². The van der Waals surface area contributed by atoms with Crippen molar-refractivity contribution in [3.63, 3.8) is 0 Å². The first kappa shape index (κ1) is 18.8. The van der Waals surface area contributed by atoms with Crippen LogP contribution in [0.4, 0.5) is 0 Å². The topological polar surface area (TPSA) is 18.5 Å². The summed E-state index contributed by atoms with van der Waals surface area (Å²) in [4.78, 5) is 0. The van der Waals surface area contributed by atoms with Gasteiger partial charge in [-0.05, 0) is 6.42 Å². The molecular formula is C20H37N3. The van der Waals surface area contributed by atoms with Crippen molar-refractivity contribution in [1.29, 1.82) is 0 Å². The molecular weight excluding hydrogens is 282 g/mol. The molecule has 2 atom stereocenters. The Morgan fingerprint density at radius 1 is 0.870 bits per heavy atom. The average Bonchev–Trinajstić information content (AvgIpc) is 3.10. The molecule has 2 saturated heterocycles. The molecule has 0 amide bonds. The third-order valence-electron chi connectivity index (χ3n) is 5.32. The van der Waals surface area contributed by atoms with Crippen LogP contribution < -0.4 is 5.43 Å². The summed E-state index contributed by atoms with van der Waals surface area (Å²) >= 11 is 0. The van der Waals surface area contributed by atoms with Gasteiger partial charge in [-0.1, -0.05) is 77.6 Å². The number of terminal acetylenes is 1. The summed E-state index contributed by atoms with van der Waals surface area (Å²) in [6, 6.07) is 0.646. The van der Waals surface area contributed by atoms with Crippen molar-refractivity contribution in [2.45, 2.75) is 90.0 Å². The van der Waals surface area contributed by atoms with Crippen molar-refractivity contribution in [1.82, 2.24) is 15.6 Å². The molecule has 0 aromatic carbocycles. The second-order valence-electron chi connectivity index (χ2n) is 7.47. The number of fused-ring (bicyclic) bond motifs is 1. The van der Waals surface area contributed by atoms with E-state index >= 15 is 0 Å². The number of hydrazine groups is 2. The van der Waals surface area contributed by atoms with E-state index in [1.807, 2.05) is 0 Å². The van der Waals surface area contributed by atoms with Gasteiger partial charge < -0.3 is 0 Å². The van der Waals surface area contributed by atoms with E-state index in [1.165, 1.54) is 77.0 Å². The minimum atomic E-state index is 0.408. The van der Waals surface area contributed by atoms with Crippen LogP contribution in [0, 0.1) is 18.3 Å². The van der Waals surface area contributed by atoms with Crippen LogP contribution in [-0.2, 0) is 0 Å². The minimum absolute atomic E-state index is 0.408. The molecule has 0 aromatic rings. The van der Waals surface area contributed by atoms with Crippen molar-refractivity contribution in [3.05, 3.63) is 0 Å². The summed E-state index contributed by atoms with van der Waals surface area (Å²) in [7, 11) is 0. The van der Waals surface area contributed by atoms with Gasteiger partial charge >= 0.3 is 0 Å². The summed E-state index contributed by atoms with van der Waals surface area (Å²) < 4.78 is 0. The molecule has 0 spiro atoms. The summed E-state index contributed by atoms with van der Waals surface area (Å²) in [6.45, 7) is 5.47. The second kappa shape index (κ2) is 11.1. The van der Waals surface area contributed by atoms with Crippen LogP contribution in [0.25, 0.3) is 0 Å². The van der Waals surface area contributed by atoms with Gasteiger partial charge in [-0.25, -0.2) is 10.4 Å². The van der Waals surface area contributed by atoms with Crippen LogP contribution >= 0.6 is 0 Å². The lowest BCUT2D eigenvalue weighted by molar-refractivity contribution is 0.0437. The van der Waals surface area contributed by atoms with Crippen molar-refractivity contribution >= 4 is 0 Å². The number of hydrogen-bond acceptors (Lipinski definition) is 3. The number of unbranched alkanes of at least 4 members (excludes halogenated alkanes) is 10. The quantitative estimate of drug-likeness (QED) is 0.426. The maximum atomic E-state index is 5.52. The zero-order valence-corrected chi connectivity index (χ0v) is 15.2. The fraction of sp³-hybridized carbons (Fsp3) is 0.900. The molecule has 0 bridgehead atoms. The lowest BCUT2D eigenvalue weighted by Crippen LogP contribution is -2.37. The van der Waals surface area contributed by atoms with Gasteiger partial charge in [-0.2, -0.15) is 5.12 Å². The molecule has 0 saturated carbocycles. The molecule has 0 radical (unpaired) electrons. The standard InChI is InChI=1S/C20H37N3/c1-3-5-6-7-8-9-10-11-12-13-14-15-20-18-22-16-19(4-2)17-23(22)21-20/h2,19-21H,3,5-18H2,1H3. The van der Waals surface area contributed by atoms with Crippen LogP contribution in [0.3, 0.4) is 0 Å². The SMILES string of the molecule is C#CC1CN2CC(CCCCCCCCCCCCC)NN2C1. The first-order valence-electron chi connectivity index (χ1n) is 10.1. The Balaban J connectivity index is 1.36. The molecule has 2 aliphatic rings. The number of hydrogen-bond donors (Lipinski definition) is 1.